The predicted octanol–water partition coefficient (Wildman–Crippen LogP) is 3.50. The topological polar surface area (TPSA) is 21.3 Å². The SMILES string of the molecule is CCNC(c1ccc(OC)cc1C)C1CSCCS1. The van der Waals surface area contributed by atoms with Crippen LogP contribution in [0.3, 0.4) is 0 Å². The highest BCUT2D eigenvalue weighted by atomic mass is 32.2. The minimum Gasteiger partial charge on any atom is -0.497 e. The van der Waals surface area contributed by atoms with Gasteiger partial charge >= 0.3 is 0 Å². The van der Waals surface area contributed by atoms with E-state index in [0.717, 1.165) is 12.3 Å². The molecular weight excluding hydrogens is 274 g/mol. The number of rotatable bonds is 5. The van der Waals surface area contributed by atoms with Crippen LogP contribution in [-0.4, -0.2) is 36.2 Å². The smallest absolute Gasteiger partial charge is 0.119 e. The summed E-state index contributed by atoms with van der Waals surface area (Å²) in [6, 6.07) is 6.89. The number of methoxy groups -OCH3 is 1. The Morgan fingerprint density at radius 1 is 1.42 bits per heavy atom. The molecule has 0 saturated carbocycles. The van der Waals surface area contributed by atoms with Gasteiger partial charge < -0.3 is 10.1 Å². The van der Waals surface area contributed by atoms with E-state index in [1.807, 2.05) is 0 Å². The average molecular weight is 297 g/mol. The molecule has 1 N–H and O–H groups in total. The second kappa shape index (κ2) is 7.46. The van der Waals surface area contributed by atoms with Gasteiger partial charge in [0.05, 0.1) is 7.11 Å². The van der Waals surface area contributed by atoms with Crippen molar-refractivity contribution in [2.75, 3.05) is 30.9 Å². The molecule has 1 fully saturated rings. The van der Waals surface area contributed by atoms with Gasteiger partial charge in [0, 0.05) is 28.6 Å². The maximum atomic E-state index is 5.31. The molecule has 2 rings (SSSR count). The molecule has 19 heavy (non-hydrogen) atoms. The quantitative estimate of drug-likeness (QED) is 0.897. The number of thioether (sulfide) groups is 2. The first-order chi connectivity index (χ1) is 9.26. The Bertz CT molecular complexity index is 405. The zero-order valence-electron chi connectivity index (χ0n) is 11.9. The molecule has 106 valence electrons. The summed E-state index contributed by atoms with van der Waals surface area (Å²) in [5, 5.41) is 4.34. The van der Waals surface area contributed by atoms with E-state index in [1.54, 1.807) is 7.11 Å². The summed E-state index contributed by atoms with van der Waals surface area (Å²) >= 11 is 4.19. The molecule has 0 spiro atoms. The van der Waals surface area contributed by atoms with Gasteiger partial charge in [-0.15, -0.1) is 0 Å². The van der Waals surface area contributed by atoms with E-state index in [2.05, 4.69) is 60.9 Å². The number of ether oxygens (including phenoxy) is 1. The summed E-state index contributed by atoms with van der Waals surface area (Å²) in [5.74, 6) is 4.75. The third-order valence-electron chi connectivity index (χ3n) is 3.45. The van der Waals surface area contributed by atoms with Crippen LogP contribution in [0, 0.1) is 6.92 Å². The average Bonchev–Trinajstić information content (AvgIpc) is 2.46. The fourth-order valence-corrected chi connectivity index (χ4v) is 5.34. The van der Waals surface area contributed by atoms with E-state index < -0.39 is 0 Å². The highest BCUT2D eigenvalue weighted by molar-refractivity contribution is 8.06. The normalized spacial score (nSPS) is 21.1. The second-order valence-corrected chi connectivity index (χ2v) is 7.24. The molecule has 1 aliphatic heterocycles. The van der Waals surface area contributed by atoms with Crippen molar-refractivity contribution in [1.82, 2.24) is 5.32 Å². The monoisotopic (exact) mass is 297 g/mol. The van der Waals surface area contributed by atoms with Crippen molar-refractivity contribution in [3.05, 3.63) is 29.3 Å². The number of benzene rings is 1. The molecule has 2 atom stereocenters. The Balaban J connectivity index is 2.22. The van der Waals surface area contributed by atoms with Gasteiger partial charge in [-0.2, -0.15) is 23.5 Å². The summed E-state index contributed by atoms with van der Waals surface area (Å²) in [7, 11) is 1.73. The van der Waals surface area contributed by atoms with Crippen molar-refractivity contribution >= 4 is 23.5 Å². The first-order valence-corrected chi connectivity index (χ1v) is 9.04. The third kappa shape index (κ3) is 3.83. The molecule has 0 bridgehead atoms. The Hall–Kier alpha value is -0.320. The number of hydrogen-bond acceptors (Lipinski definition) is 4. The van der Waals surface area contributed by atoms with Gasteiger partial charge in [0.1, 0.15) is 5.75 Å². The Labute approximate surface area is 125 Å². The Morgan fingerprint density at radius 2 is 2.26 bits per heavy atom. The molecule has 0 radical (unpaired) electrons. The van der Waals surface area contributed by atoms with E-state index in [-0.39, 0.29) is 0 Å². The molecule has 0 aromatic heterocycles. The van der Waals surface area contributed by atoms with Crippen molar-refractivity contribution in [2.24, 2.45) is 0 Å². The fraction of sp³-hybridized carbons (Fsp3) is 0.600. The first kappa shape index (κ1) is 15.1. The van der Waals surface area contributed by atoms with Gasteiger partial charge in [-0.1, -0.05) is 13.0 Å². The van der Waals surface area contributed by atoms with E-state index in [0.29, 0.717) is 11.3 Å². The lowest BCUT2D eigenvalue weighted by Crippen LogP contribution is -2.34. The summed E-state index contributed by atoms with van der Waals surface area (Å²) in [5.41, 5.74) is 2.74. The fourth-order valence-electron chi connectivity index (χ4n) is 2.48. The molecule has 1 aromatic rings. The number of hydrogen-bond donors (Lipinski definition) is 1. The van der Waals surface area contributed by atoms with Gasteiger partial charge in [-0.25, -0.2) is 0 Å². The molecule has 1 aromatic carbocycles. The van der Waals surface area contributed by atoms with Crippen molar-refractivity contribution in [3.63, 3.8) is 0 Å². The van der Waals surface area contributed by atoms with Gasteiger partial charge in [-0.3, -0.25) is 0 Å². The van der Waals surface area contributed by atoms with E-state index >= 15 is 0 Å². The number of aryl methyl sites for hydroxylation is 1. The van der Waals surface area contributed by atoms with Gasteiger partial charge in [0.2, 0.25) is 0 Å². The lowest BCUT2D eigenvalue weighted by molar-refractivity contribution is 0.414. The van der Waals surface area contributed by atoms with Crippen LogP contribution in [-0.2, 0) is 0 Å². The van der Waals surface area contributed by atoms with Gasteiger partial charge in [0.25, 0.3) is 0 Å². The van der Waals surface area contributed by atoms with Crippen molar-refractivity contribution in [3.8, 4) is 5.75 Å². The molecular formula is C15H23NOS2. The van der Waals surface area contributed by atoms with Crippen LogP contribution >= 0.6 is 23.5 Å². The molecule has 1 saturated heterocycles. The van der Waals surface area contributed by atoms with Gasteiger partial charge in [-0.05, 0) is 36.7 Å². The maximum Gasteiger partial charge on any atom is 0.119 e. The number of nitrogens with one attached hydrogen (secondary N) is 1. The summed E-state index contributed by atoms with van der Waals surface area (Å²) in [6.07, 6.45) is 0. The van der Waals surface area contributed by atoms with Crippen LogP contribution in [0.15, 0.2) is 18.2 Å². The lowest BCUT2D eigenvalue weighted by atomic mass is 9.98. The standard InChI is InChI=1S/C15H23NOS2/c1-4-16-15(14-10-18-7-8-19-14)13-6-5-12(17-3)9-11(13)2/h5-6,9,14-16H,4,7-8,10H2,1-3H3. The molecule has 2 nitrogen and oxygen atoms in total. The van der Waals surface area contributed by atoms with Crippen LogP contribution in [0.1, 0.15) is 24.1 Å². The molecule has 4 heteroatoms. The van der Waals surface area contributed by atoms with Crippen molar-refractivity contribution < 1.29 is 4.74 Å². The maximum absolute atomic E-state index is 5.31. The van der Waals surface area contributed by atoms with Crippen LogP contribution in [0.25, 0.3) is 0 Å². The van der Waals surface area contributed by atoms with E-state index in [4.69, 9.17) is 4.74 Å². The molecule has 0 aliphatic carbocycles. The zero-order valence-corrected chi connectivity index (χ0v) is 13.6. The van der Waals surface area contributed by atoms with Crippen molar-refractivity contribution in [1.29, 1.82) is 0 Å². The molecule has 1 heterocycles. The first-order valence-electron chi connectivity index (χ1n) is 6.83. The Kier molecular flexibility index (Phi) is 5.92. The van der Waals surface area contributed by atoms with Crippen LogP contribution in [0.4, 0.5) is 0 Å². The molecule has 1 aliphatic rings. The van der Waals surface area contributed by atoms with Crippen LogP contribution in [0.2, 0.25) is 0 Å². The minimum absolute atomic E-state index is 0.453. The van der Waals surface area contributed by atoms with Crippen molar-refractivity contribution in [2.45, 2.75) is 25.1 Å². The molecule has 2 unspecified atom stereocenters. The summed E-state index contributed by atoms with van der Waals surface area (Å²) < 4.78 is 5.31. The summed E-state index contributed by atoms with van der Waals surface area (Å²) in [6.45, 7) is 5.38. The largest absolute Gasteiger partial charge is 0.497 e. The lowest BCUT2D eigenvalue weighted by Gasteiger charge is -2.31. The van der Waals surface area contributed by atoms with E-state index in [1.165, 1.54) is 28.4 Å². The summed E-state index contributed by atoms with van der Waals surface area (Å²) in [4.78, 5) is 0. The van der Waals surface area contributed by atoms with Crippen LogP contribution < -0.4 is 10.1 Å². The van der Waals surface area contributed by atoms with E-state index in [9.17, 15) is 0 Å². The predicted molar refractivity (Wildman–Crippen MR) is 87.7 cm³/mol. The highest BCUT2D eigenvalue weighted by Crippen LogP contribution is 2.35. The second-order valence-electron chi connectivity index (χ2n) is 4.74. The minimum atomic E-state index is 0.453. The van der Waals surface area contributed by atoms with Gasteiger partial charge in [0.15, 0.2) is 0 Å². The van der Waals surface area contributed by atoms with Crippen LogP contribution in [0.5, 0.6) is 5.75 Å². The molecule has 0 amide bonds. The Morgan fingerprint density at radius 3 is 2.84 bits per heavy atom. The zero-order chi connectivity index (χ0) is 13.7. The highest BCUT2D eigenvalue weighted by Gasteiger charge is 2.26. The third-order valence-corrected chi connectivity index (χ3v) is 6.31.